The van der Waals surface area contributed by atoms with Crippen LogP contribution in [0.25, 0.3) is 0 Å². The molecule has 0 spiro atoms. The van der Waals surface area contributed by atoms with Crippen molar-refractivity contribution in [3.8, 4) is 17.4 Å². The third-order valence-corrected chi connectivity index (χ3v) is 4.02. The Kier molecular flexibility index (Phi) is 8.67. The zero-order chi connectivity index (χ0) is 21.4. The number of aromatic nitrogens is 1. The molecule has 0 aliphatic heterocycles. The molecule has 0 unspecified atom stereocenters. The summed E-state index contributed by atoms with van der Waals surface area (Å²) in [5, 5.41) is -0.517. The zero-order valence-electron chi connectivity index (χ0n) is 14.6. The third kappa shape index (κ3) is 7.79. The van der Waals surface area contributed by atoms with Crippen LogP contribution in [0.4, 0.5) is 17.6 Å². The number of halogens is 7. The first-order chi connectivity index (χ1) is 13.7. The van der Waals surface area contributed by atoms with Gasteiger partial charge in [0.15, 0.2) is 11.0 Å². The summed E-state index contributed by atoms with van der Waals surface area (Å²) in [7, 11) is 0. The molecule has 0 radical (unpaired) electrons. The molecule has 1 heterocycles. The number of alkyl halides is 3. The molecule has 158 valence electrons. The predicted molar refractivity (Wildman–Crippen MR) is 102 cm³/mol. The Morgan fingerprint density at radius 3 is 2.24 bits per heavy atom. The number of rotatable bonds is 9. The molecule has 0 atom stereocenters. The number of benzene rings is 1. The van der Waals surface area contributed by atoms with Crippen LogP contribution in [-0.4, -0.2) is 24.8 Å². The van der Waals surface area contributed by atoms with E-state index in [2.05, 4.69) is 4.98 Å². The lowest BCUT2D eigenvalue weighted by Crippen LogP contribution is -2.08. The van der Waals surface area contributed by atoms with Crippen molar-refractivity contribution < 1.29 is 31.8 Å². The van der Waals surface area contributed by atoms with E-state index in [1.165, 1.54) is 12.1 Å². The van der Waals surface area contributed by atoms with Crippen molar-refractivity contribution in [1.29, 1.82) is 0 Å². The highest BCUT2D eigenvalue weighted by molar-refractivity contribution is 6.37. The van der Waals surface area contributed by atoms with Gasteiger partial charge >= 0.3 is 6.18 Å². The zero-order valence-corrected chi connectivity index (χ0v) is 16.9. The van der Waals surface area contributed by atoms with E-state index in [0.29, 0.717) is 18.4 Å². The van der Waals surface area contributed by atoms with Crippen molar-refractivity contribution in [2.45, 2.75) is 12.6 Å². The van der Waals surface area contributed by atoms with Crippen LogP contribution in [0.5, 0.6) is 17.4 Å². The van der Waals surface area contributed by atoms with E-state index >= 15 is 0 Å². The van der Waals surface area contributed by atoms with Gasteiger partial charge in [-0.1, -0.05) is 34.8 Å². The summed E-state index contributed by atoms with van der Waals surface area (Å²) in [6, 6.07) is 4.93. The van der Waals surface area contributed by atoms with Gasteiger partial charge in [0.1, 0.15) is 12.4 Å². The number of ether oxygens (including phenoxy) is 3. The highest BCUT2D eigenvalue weighted by Gasteiger charge is 2.30. The van der Waals surface area contributed by atoms with Crippen molar-refractivity contribution in [2.24, 2.45) is 0 Å². The fourth-order valence-electron chi connectivity index (χ4n) is 2.00. The summed E-state index contributed by atoms with van der Waals surface area (Å²) in [5.41, 5.74) is -0.853. The van der Waals surface area contributed by atoms with Gasteiger partial charge in [-0.05, 0) is 6.07 Å². The Bertz CT molecular complexity index is 818. The molecule has 4 nitrogen and oxygen atoms in total. The van der Waals surface area contributed by atoms with Crippen LogP contribution in [0.2, 0.25) is 10.0 Å². The van der Waals surface area contributed by atoms with Gasteiger partial charge in [0.25, 0.3) is 0 Å². The monoisotopic (exact) mass is 473 g/mol. The van der Waals surface area contributed by atoms with Crippen LogP contribution < -0.4 is 14.2 Å². The Balaban J connectivity index is 1.79. The van der Waals surface area contributed by atoms with Crippen molar-refractivity contribution in [1.82, 2.24) is 4.98 Å². The maximum atomic E-state index is 12.5. The average molecular weight is 475 g/mol. The molecule has 0 amide bonds. The smallest absolute Gasteiger partial charge is 0.417 e. The quantitative estimate of drug-likeness (QED) is 0.300. The molecule has 2 rings (SSSR count). The van der Waals surface area contributed by atoms with E-state index in [0.717, 1.165) is 18.2 Å². The maximum Gasteiger partial charge on any atom is 0.417 e. The van der Waals surface area contributed by atoms with Crippen LogP contribution in [0.1, 0.15) is 12.0 Å². The van der Waals surface area contributed by atoms with Crippen molar-refractivity contribution >= 4 is 34.8 Å². The summed E-state index contributed by atoms with van der Waals surface area (Å²) in [4.78, 5) is 3.60. The van der Waals surface area contributed by atoms with Crippen LogP contribution in [0, 0.1) is 0 Å². The van der Waals surface area contributed by atoms with Gasteiger partial charge in [-0.15, -0.1) is 0 Å². The first kappa shape index (κ1) is 23.4. The molecule has 29 heavy (non-hydrogen) atoms. The molecular formula is C18H14Cl3F4NO3. The molecule has 0 aliphatic rings. The maximum absolute atomic E-state index is 12.5. The number of hydrogen-bond acceptors (Lipinski definition) is 4. The van der Waals surface area contributed by atoms with Crippen LogP contribution in [-0.2, 0) is 6.18 Å². The molecule has 0 aliphatic carbocycles. The molecule has 1 aromatic heterocycles. The number of hydrogen-bond donors (Lipinski definition) is 0. The fraction of sp³-hybridized carbons (Fsp3) is 0.278. The average Bonchev–Trinajstić information content (AvgIpc) is 2.62. The highest BCUT2D eigenvalue weighted by Crippen LogP contribution is 2.37. The topological polar surface area (TPSA) is 40.6 Å². The largest absolute Gasteiger partial charge is 0.490 e. The second-order valence-corrected chi connectivity index (χ2v) is 6.63. The Morgan fingerprint density at radius 1 is 1.03 bits per heavy atom. The Labute approximate surface area is 178 Å². The van der Waals surface area contributed by atoms with Gasteiger partial charge in [0, 0.05) is 36.9 Å². The van der Waals surface area contributed by atoms with Gasteiger partial charge in [0.05, 0.1) is 28.8 Å². The molecule has 0 fully saturated rings. The SMILES string of the molecule is FC(Cl)=CCOc1cc(Cl)c(OCCCOc2ccc(C(F)(F)F)cn2)c(Cl)c1. The minimum Gasteiger partial charge on any atom is -0.490 e. The highest BCUT2D eigenvalue weighted by atomic mass is 35.5. The van der Waals surface area contributed by atoms with Crippen LogP contribution in [0.15, 0.2) is 41.8 Å². The lowest BCUT2D eigenvalue weighted by atomic mass is 10.3. The molecule has 0 N–H and O–H groups in total. The normalized spacial score (nSPS) is 12.0. The van der Waals surface area contributed by atoms with E-state index < -0.39 is 17.0 Å². The van der Waals surface area contributed by atoms with Gasteiger partial charge in [0.2, 0.25) is 5.88 Å². The Hall–Kier alpha value is -1.90. The minimum atomic E-state index is -4.45. The van der Waals surface area contributed by atoms with E-state index in [9.17, 15) is 17.6 Å². The van der Waals surface area contributed by atoms with E-state index in [1.807, 2.05) is 0 Å². The van der Waals surface area contributed by atoms with E-state index in [4.69, 9.17) is 49.0 Å². The Morgan fingerprint density at radius 2 is 1.69 bits per heavy atom. The summed E-state index contributed by atoms with van der Waals surface area (Å²) in [5.74, 6) is 0.601. The lowest BCUT2D eigenvalue weighted by molar-refractivity contribution is -0.137. The van der Waals surface area contributed by atoms with Gasteiger partial charge in [-0.2, -0.15) is 17.6 Å². The van der Waals surface area contributed by atoms with Crippen molar-refractivity contribution in [3.63, 3.8) is 0 Å². The molecule has 0 saturated carbocycles. The number of pyridine rings is 1. The lowest BCUT2D eigenvalue weighted by Gasteiger charge is -2.12. The summed E-state index contributed by atoms with van der Waals surface area (Å²) < 4.78 is 65.8. The molecule has 0 saturated heterocycles. The van der Waals surface area contributed by atoms with Crippen LogP contribution >= 0.6 is 34.8 Å². The summed E-state index contributed by atoms with van der Waals surface area (Å²) in [6.07, 6.45) is -2.32. The first-order valence-corrected chi connectivity index (χ1v) is 9.22. The predicted octanol–water partition coefficient (Wildman–Crippen LogP) is 6.68. The summed E-state index contributed by atoms with van der Waals surface area (Å²) in [6.45, 7) is 0.239. The van der Waals surface area contributed by atoms with E-state index in [1.54, 1.807) is 0 Å². The molecule has 0 bridgehead atoms. The van der Waals surface area contributed by atoms with Crippen molar-refractivity contribution in [3.05, 3.63) is 57.4 Å². The number of nitrogens with zero attached hydrogens (tertiary/aromatic N) is 1. The van der Waals surface area contributed by atoms with Crippen LogP contribution in [0.3, 0.4) is 0 Å². The van der Waals surface area contributed by atoms with Crippen molar-refractivity contribution in [2.75, 3.05) is 19.8 Å². The standard InChI is InChI=1S/C18H14Cl3F4NO3/c19-13-8-12(27-7-4-15(21)22)9-14(20)17(13)29-6-1-5-28-16-3-2-11(10-26-16)18(23,24)25/h2-4,8-10H,1,5-7H2. The van der Waals surface area contributed by atoms with Gasteiger partial charge in [-0.3, -0.25) is 0 Å². The second-order valence-electron chi connectivity index (χ2n) is 5.45. The molecule has 11 heteroatoms. The second kappa shape index (κ2) is 10.8. The van der Waals surface area contributed by atoms with E-state index in [-0.39, 0.29) is 41.5 Å². The third-order valence-electron chi connectivity index (χ3n) is 3.31. The molecule has 2 aromatic rings. The fourth-order valence-corrected chi connectivity index (χ4v) is 2.64. The first-order valence-electron chi connectivity index (χ1n) is 8.08. The minimum absolute atomic E-state index is 0.0676. The molecular weight excluding hydrogens is 461 g/mol. The van der Waals surface area contributed by atoms with Gasteiger partial charge in [-0.25, -0.2) is 4.98 Å². The summed E-state index contributed by atoms with van der Waals surface area (Å²) >= 11 is 17.3. The van der Waals surface area contributed by atoms with Gasteiger partial charge < -0.3 is 14.2 Å². The molecule has 1 aromatic carbocycles.